The largest absolute Gasteiger partial charge is 0.507 e. The van der Waals surface area contributed by atoms with Gasteiger partial charge in [0.25, 0.3) is 0 Å². The Morgan fingerprint density at radius 1 is 1.14 bits per heavy atom. The van der Waals surface area contributed by atoms with Crippen molar-refractivity contribution in [3.8, 4) is 16.9 Å². The summed E-state index contributed by atoms with van der Waals surface area (Å²) in [5.74, 6) is -1.01. The zero-order valence-corrected chi connectivity index (χ0v) is 11.6. The van der Waals surface area contributed by atoms with E-state index in [1.54, 1.807) is 6.92 Å². The van der Waals surface area contributed by atoms with E-state index in [1.807, 2.05) is 0 Å². The van der Waals surface area contributed by atoms with Crippen molar-refractivity contribution < 1.29 is 27.8 Å². The summed E-state index contributed by atoms with van der Waals surface area (Å²) in [6.45, 7) is 1.75. The lowest BCUT2D eigenvalue weighted by Gasteiger charge is -2.10. The van der Waals surface area contributed by atoms with Crippen molar-refractivity contribution in [2.45, 2.75) is 13.1 Å². The lowest BCUT2D eigenvalue weighted by atomic mass is 10.0. The molecule has 0 aliphatic heterocycles. The van der Waals surface area contributed by atoms with Gasteiger partial charge in [-0.1, -0.05) is 18.2 Å². The van der Waals surface area contributed by atoms with Crippen LogP contribution in [0.3, 0.4) is 0 Å². The van der Waals surface area contributed by atoms with E-state index in [9.17, 15) is 23.1 Å². The molecule has 0 bridgehead atoms. The lowest BCUT2D eigenvalue weighted by Crippen LogP contribution is -2.06. The van der Waals surface area contributed by atoms with E-state index in [4.69, 9.17) is 4.74 Å². The molecule has 0 saturated heterocycles. The van der Waals surface area contributed by atoms with Gasteiger partial charge in [0.05, 0.1) is 12.2 Å². The van der Waals surface area contributed by atoms with Crippen LogP contribution in [0.5, 0.6) is 5.75 Å². The molecule has 0 fully saturated rings. The second-order valence-corrected chi connectivity index (χ2v) is 4.53. The van der Waals surface area contributed by atoms with Crippen molar-refractivity contribution in [3.63, 3.8) is 0 Å². The normalized spacial score (nSPS) is 11.3. The Hall–Kier alpha value is -2.50. The number of carbonyl (C=O) groups is 1. The molecule has 3 nitrogen and oxygen atoms in total. The number of hydrogen-bond donors (Lipinski definition) is 1. The van der Waals surface area contributed by atoms with Gasteiger partial charge in [0, 0.05) is 0 Å². The highest BCUT2D eigenvalue weighted by Crippen LogP contribution is 2.33. The molecule has 0 aliphatic carbocycles. The van der Waals surface area contributed by atoms with Gasteiger partial charge in [-0.25, -0.2) is 4.79 Å². The van der Waals surface area contributed by atoms with Crippen LogP contribution in [-0.2, 0) is 10.9 Å². The molecule has 2 rings (SSSR count). The minimum absolute atomic E-state index is 0.0863. The maximum Gasteiger partial charge on any atom is 0.416 e. The number of hydrogen-bond acceptors (Lipinski definition) is 3. The van der Waals surface area contributed by atoms with Crippen LogP contribution in [0.2, 0.25) is 0 Å². The Morgan fingerprint density at radius 3 is 2.45 bits per heavy atom. The van der Waals surface area contributed by atoms with E-state index >= 15 is 0 Å². The van der Waals surface area contributed by atoms with Gasteiger partial charge in [-0.3, -0.25) is 0 Å². The summed E-state index contributed by atoms with van der Waals surface area (Å²) in [6, 6.07) is 8.74. The van der Waals surface area contributed by atoms with Crippen molar-refractivity contribution in [2.24, 2.45) is 0 Å². The molecule has 0 aromatic heterocycles. The molecular weight excluding hydrogens is 297 g/mol. The van der Waals surface area contributed by atoms with Gasteiger partial charge < -0.3 is 9.84 Å². The minimum atomic E-state index is -4.45. The Kier molecular flexibility index (Phi) is 4.40. The number of benzene rings is 2. The Labute approximate surface area is 125 Å². The number of phenols is 1. The smallest absolute Gasteiger partial charge is 0.416 e. The zero-order valence-electron chi connectivity index (χ0n) is 11.6. The summed E-state index contributed by atoms with van der Waals surface area (Å²) in [6.07, 6.45) is -4.45. The predicted molar refractivity (Wildman–Crippen MR) is 74.5 cm³/mol. The maximum atomic E-state index is 12.7. The molecule has 2 aromatic carbocycles. The fourth-order valence-electron chi connectivity index (χ4n) is 1.96. The topological polar surface area (TPSA) is 46.5 Å². The Bertz CT molecular complexity index is 693. The highest BCUT2D eigenvalue weighted by Gasteiger charge is 2.30. The van der Waals surface area contributed by atoms with Gasteiger partial charge in [0.15, 0.2) is 0 Å². The van der Waals surface area contributed by atoms with Gasteiger partial charge in [0.2, 0.25) is 0 Å². The zero-order chi connectivity index (χ0) is 16.3. The molecule has 1 N–H and O–H groups in total. The molecule has 0 heterocycles. The third-order valence-corrected chi connectivity index (χ3v) is 3.02. The molecule has 0 atom stereocenters. The number of halogens is 3. The molecule has 0 aliphatic rings. The molecule has 0 saturated carbocycles. The van der Waals surface area contributed by atoms with Crippen LogP contribution < -0.4 is 0 Å². The van der Waals surface area contributed by atoms with E-state index in [0.29, 0.717) is 11.1 Å². The van der Waals surface area contributed by atoms with Crippen LogP contribution in [-0.4, -0.2) is 17.7 Å². The van der Waals surface area contributed by atoms with E-state index in [1.165, 1.54) is 30.3 Å². The fraction of sp³-hybridized carbons (Fsp3) is 0.188. The number of ether oxygens (including phenoxy) is 1. The summed E-state index contributed by atoms with van der Waals surface area (Å²) >= 11 is 0. The quantitative estimate of drug-likeness (QED) is 0.862. The summed E-state index contributed by atoms with van der Waals surface area (Å²) in [5, 5.41) is 9.68. The third-order valence-electron chi connectivity index (χ3n) is 3.02. The highest BCUT2D eigenvalue weighted by molar-refractivity contribution is 5.94. The van der Waals surface area contributed by atoms with Crippen molar-refractivity contribution in [1.29, 1.82) is 0 Å². The van der Waals surface area contributed by atoms with Gasteiger partial charge in [-0.2, -0.15) is 13.2 Å². The van der Waals surface area contributed by atoms with Crippen LogP contribution >= 0.6 is 0 Å². The second-order valence-electron chi connectivity index (χ2n) is 4.53. The summed E-state index contributed by atoms with van der Waals surface area (Å²) in [5.41, 5.74) is -0.195. The SMILES string of the molecule is CCOC(=O)c1cc(-c2cccc(C(F)(F)F)c2)ccc1O. The monoisotopic (exact) mass is 310 g/mol. The Balaban J connectivity index is 2.46. The van der Waals surface area contributed by atoms with Crippen molar-refractivity contribution in [3.05, 3.63) is 53.6 Å². The molecule has 116 valence electrons. The predicted octanol–water partition coefficient (Wildman–Crippen LogP) is 4.25. The maximum absolute atomic E-state index is 12.7. The second kappa shape index (κ2) is 6.09. The molecular formula is C16H13F3O3. The van der Waals surface area contributed by atoms with Gasteiger partial charge in [-0.15, -0.1) is 0 Å². The molecule has 22 heavy (non-hydrogen) atoms. The van der Waals surface area contributed by atoms with Crippen LogP contribution in [0.15, 0.2) is 42.5 Å². The van der Waals surface area contributed by atoms with Crippen molar-refractivity contribution in [2.75, 3.05) is 6.61 Å². The van der Waals surface area contributed by atoms with Crippen LogP contribution in [0, 0.1) is 0 Å². The van der Waals surface area contributed by atoms with Gasteiger partial charge >= 0.3 is 12.1 Å². The number of phenolic OH excluding ortho intramolecular Hbond substituents is 1. The first-order valence-electron chi connectivity index (χ1n) is 6.50. The van der Waals surface area contributed by atoms with Crippen LogP contribution in [0.4, 0.5) is 13.2 Å². The number of carbonyl (C=O) groups excluding carboxylic acids is 1. The number of rotatable bonds is 3. The fourth-order valence-corrected chi connectivity index (χ4v) is 1.96. The number of esters is 1. The summed E-state index contributed by atoms with van der Waals surface area (Å²) in [4.78, 5) is 11.7. The molecule has 0 amide bonds. The Morgan fingerprint density at radius 2 is 1.82 bits per heavy atom. The van der Waals surface area contributed by atoms with E-state index in [2.05, 4.69) is 0 Å². The lowest BCUT2D eigenvalue weighted by molar-refractivity contribution is -0.137. The van der Waals surface area contributed by atoms with Crippen molar-refractivity contribution >= 4 is 5.97 Å². The third kappa shape index (κ3) is 3.39. The number of aromatic hydroxyl groups is 1. The first-order valence-corrected chi connectivity index (χ1v) is 6.50. The van der Waals surface area contributed by atoms with Crippen molar-refractivity contribution in [1.82, 2.24) is 0 Å². The minimum Gasteiger partial charge on any atom is -0.507 e. The molecule has 6 heteroatoms. The number of alkyl halides is 3. The first-order chi connectivity index (χ1) is 10.3. The summed E-state index contributed by atoms with van der Waals surface area (Å²) in [7, 11) is 0. The molecule has 0 spiro atoms. The summed E-state index contributed by atoms with van der Waals surface area (Å²) < 4.78 is 43.0. The first kappa shape index (κ1) is 15.9. The van der Waals surface area contributed by atoms with E-state index < -0.39 is 17.7 Å². The van der Waals surface area contributed by atoms with Gasteiger partial charge in [-0.05, 0) is 42.3 Å². The molecule has 2 aromatic rings. The molecule has 0 radical (unpaired) electrons. The average molecular weight is 310 g/mol. The average Bonchev–Trinajstić information content (AvgIpc) is 2.47. The van der Waals surface area contributed by atoms with E-state index in [-0.39, 0.29) is 17.9 Å². The van der Waals surface area contributed by atoms with E-state index in [0.717, 1.165) is 12.1 Å². The van der Waals surface area contributed by atoms with Crippen LogP contribution in [0.25, 0.3) is 11.1 Å². The van der Waals surface area contributed by atoms with Gasteiger partial charge in [0.1, 0.15) is 11.3 Å². The highest BCUT2D eigenvalue weighted by atomic mass is 19.4. The standard InChI is InChI=1S/C16H13F3O3/c1-2-22-15(21)13-9-11(6-7-14(13)20)10-4-3-5-12(8-10)16(17,18)19/h3-9,20H,2H2,1H3. The van der Waals surface area contributed by atoms with Crippen LogP contribution in [0.1, 0.15) is 22.8 Å². The molecule has 0 unspecified atom stereocenters.